The predicted molar refractivity (Wildman–Crippen MR) is 88.5 cm³/mol. The Hall–Kier alpha value is -0.900. The highest BCUT2D eigenvalue weighted by atomic mass is 16.3. The molecule has 1 aliphatic rings. The monoisotopic (exact) mass is 290 g/mol. The van der Waals surface area contributed by atoms with Gasteiger partial charge in [0, 0.05) is 18.6 Å². The molecule has 1 saturated heterocycles. The highest BCUT2D eigenvalue weighted by molar-refractivity contribution is 5.16. The average molecular weight is 290 g/mol. The molecule has 0 unspecified atom stereocenters. The van der Waals surface area contributed by atoms with Crippen molar-refractivity contribution in [3.05, 3.63) is 35.9 Å². The number of hydrogen-bond donors (Lipinski definition) is 2. The maximum atomic E-state index is 9.62. The molecule has 2 N–H and O–H groups in total. The Morgan fingerprint density at radius 2 is 1.86 bits per heavy atom. The molecule has 118 valence electrons. The number of nitrogens with zero attached hydrogens (tertiary/aromatic N) is 1. The molecule has 0 amide bonds. The van der Waals surface area contributed by atoms with Crippen LogP contribution in [0.2, 0.25) is 0 Å². The molecule has 3 nitrogen and oxygen atoms in total. The molecule has 0 saturated carbocycles. The van der Waals surface area contributed by atoms with Crippen molar-refractivity contribution in [2.45, 2.75) is 45.2 Å². The summed E-state index contributed by atoms with van der Waals surface area (Å²) in [6, 6.07) is 11.2. The topological polar surface area (TPSA) is 35.5 Å². The highest BCUT2D eigenvalue weighted by Gasteiger charge is 2.21. The molecule has 2 rings (SSSR count). The lowest BCUT2D eigenvalue weighted by molar-refractivity contribution is 0.160. The van der Waals surface area contributed by atoms with Crippen molar-refractivity contribution in [2.24, 2.45) is 5.92 Å². The average Bonchev–Trinajstić information content (AvgIpc) is 2.49. The van der Waals surface area contributed by atoms with Gasteiger partial charge in [-0.05, 0) is 43.8 Å². The normalized spacial score (nSPS) is 19.0. The Kier molecular flexibility index (Phi) is 6.68. The molecular weight excluding hydrogens is 260 g/mol. The van der Waals surface area contributed by atoms with Crippen LogP contribution in [0.15, 0.2) is 30.3 Å². The zero-order chi connectivity index (χ0) is 15.1. The van der Waals surface area contributed by atoms with Crippen molar-refractivity contribution in [2.75, 3.05) is 26.2 Å². The lowest BCUT2D eigenvalue weighted by Gasteiger charge is -2.35. The van der Waals surface area contributed by atoms with Gasteiger partial charge in [0.2, 0.25) is 0 Å². The molecule has 3 heteroatoms. The maximum Gasteiger partial charge on any atom is 0.0587 e. The second kappa shape index (κ2) is 8.52. The van der Waals surface area contributed by atoms with E-state index in [1.54, 1.807) is 0 Å². The summed E-state index contributed by atoms with van der Waals surface area (Å²) >= 11 is 0. The largest absolute Gasteiger partial charge is 0.395 e. The van der Waals surface area contributed by atoms with Crippen LogP contribution >= 0.6 is 0 Å². The van der Waals surface area contributed by atoms with Gasteiger partial charge in [0.05, 0.1) is 6.61 Å². The molecule has 1 aromatic carbocycles. The highest BCUT2D eigenvalue weighted by Crippen LogP contribution is 2.13. The molecule has 21 heavy (non-hydrogen) atoms. The van der Waals surface area contributed by atoms with Crippen LogP contribution in [0.25, 0.3) is 0 Å². The maximum absolute atomic E-state index is 9.62. The summed E-state index contributed by atoms with van der Waals surface area (Å²) in [7, 11) is 0. The number of likely N-dealkylation sites (tertiary alicyclic amines) is 1. The quantitative estimate of drug-likeness (QED) is 0.809. The Morgan fingerprint density at radius 3 is 2.43 bits per heavy atom. The summed E-state index contributed by atoms with van der Waals surface area (Å²) in [4.78, 5) is 2.56. The van der Waals surface area contributed by atoms with Gasteiger partial charge < -0.3 is 15.3 Å². The number of aliphatic hydroxyl groups is 1. The summed E-state index contributed by atoms with van der Waals surface area (Å²) in [6.45, 7) is 8.35. The standard InChI is InChI=1S/C18H30N2O/c1-15(2)13-20-10-8-17(9-11-20)19-18(14-21)12-16-6-4-3-5-7-16/h3-7,15,17-19,21H,8-14H2,1-2H3/t18-/m1/s1. The van der Waals surface area contributed by atoms with Crippen LogP contribution in [0.1, 0.15) is 32.3 Å². The van der Waals surface area contributed by atoms with Crippen LogP contribution in [-0.4, -0.2) is 48.3 Å². The first-order chi connectivity index (χ1) is 10.2. The number of nitrogens with one attached hydrogen (secondary N) is 1. The van der Waals surface area contributed by atoms with Gasteiger partial charge in [0.15, 0.2) is 0 Å². The van der Waals surface area contributed by atoms with Crippen molar-refractivity contribution in [1.82, 2.24) is 10.2 Å². The van der Waals surface area contributed by atoms with E-state index in [1.807, 2.05) is 6.07 Å². The van der Waals surface area contributed by atoms with Crippen LogP contribution in [0.5, 0.6) is 0 Å². The second-order valence-electron chi connectivity index (χ2n) is 6.70. The Morgan fingerprint density at radius 1 is 1.19 bits per heavy atom. The number of hydrogen-bond acceptors (Lipinski definition) is 3. The van der Waals surface area contributed by atoms with E-state index < -0.39 is 0 Å². The van der Waals surface area contributed by atoms with E-state index in [-0.39, 0.29) is 12.6 Å². The van der Waals surface area contributed by atoms with E-state index in [4.69, 9.17) is 0 Å². The van der Waals surface area contributed by atoms with E-state index in [0.717, 1.165) is 12.3 Å². The molecule has 1 atom stereocenters. The first-order valence-corrected chi connectivity index (χ1v) is 8.30. The molecule has 1 aromatic rings. The van der Waals surface area contributed by atoms with Gasteiger partial charge in [0.1, 0.15) is 0 Å². The van der Waals surface area contributed by atoms with E-state index in [9.17, 15) is 5.11 Å². The SMILES string of the molecule is CC(C)CN1CCC(N[C@@H](CO)Cc2ccccc2)CC1. The third-order valence-corrected chi connectivity index (χ3v) is 4.23. The molecule has 0 bridgehead atoms. The van der Waals surface area contributed by atoms with Crippen molar-refractivity contribution in [1.29, 1.82) is 0 Å². The number of piperidine rings is 1. The molecule has 0 spiro atoms. The first-order valence-electron chi connectivity index (χ1n) is 8.30. The number of rotatable bonds is 7. The third-order valence-electron chi connectivity index (χ3n) is 4.23. The van der Waals surface area contributed by atoms with Crippen molar-refractivity contribution < 1.29 is 5.11 Å². The van der Waals surface area contributed by atoms with Gasteiger partial charge in [-0.2, -0.15) is 0 Å². The van der Waals surface area contributed by atoms with Gasteiger partial charge >= 0.3 is 0 Å². The molecular formula is C18H30N2O. The summed E-state index contributed by atoms with van der Waals surface area (Å²) in [5.74, 6) is 0.748. The van der Waals surface area contributed by atoms with Gasteiger partial charge in [-0.15, -0.1) is 0 Å². The van der Waals surface area contributed by atoms with E-state index in [1.165, 1.54) is 38.0 Å². The smallest absolute Gasteiger partial charge is 0.0587 e. The van der Waals surface area contributed by atoms with Crippen LogP contribution in [-0.2, 0) is 6.42 Å². The van der Waals surface area contributed by atoms with Crippen LogP contribution in [0, 0.1) is 5.92 Å². The molecule has 1 fully saturated rings. The lowest BCUT2D eigenvalue weighted by atomic mass is 10.0. The molecule has 0 radical (unpaired) electrons. The Balaban J connectivity index is 1.75. The number of aliphatic hydroxyl groups excluding tert-OH is 1. The minimum atomic E-state index is 0.175. The van der Waals surface area contributed by atoms with Crippen LogP contribution in [0.4, 0.5) is 0 Å². The van der Waals surface area contributed by atoms with E-state index in [0.29, 0.717) is 6.04 Å². The minimum absolute atomic E-state index is 0.175. The molecule has 1 heterocycles. The van der Waals surface area contributed by atoms with Crippen LogP contribution < -0.4 is 5.32 Å². The number of benzene rings is 1. The fourth-order valence-corrected chi connectivity index (χ4v) is 3.21. The van der Waals surface area contributed by atoms with Gasteiger partial charge in [0.25, 0.3) is 0 Å². The van der Waals surface area contributed by atoms with Gasteiger partial charge in [-0.25, -0.2) is 0 Å². The molecule has 1 aliphatic heterocycles. The summed E-state index contributed by atoms with van der Waals surface area (Å²) in [5, 5.41) is 13.3. The Bertz CT molecular complexity index is 385. The lowest BCUT2D eigenvalue weighted by Crippen LogP contribution is -2.48. The van der Waals surface area contributed by atoms with Crippen molar-refractivity contribution in [3.63, 3.8) is 0 Å². The van der Waals surface area contributed by atoms with Gasteiger partial charge in [-0.3, -0.25) is 0 Å². The molecule has 0 aromatic heterocycles. The summed E-state index contributed by atoms with van der Waals surface area (Å²) < 4.78 is 0. The predicted octanol–water partition coefficient (Wildman–Crippen LogP) is 2.30. The molecule has 0 aliphatic carbocycles. The zero-order valence-corrected chi connectivity index (χ0v) is 13.5. The third kappa shape index (κ3) is 5.77. The van der Waals surface area contributed by atoms with Gasteiger partial charge in [-0.1, -0.05) is 44.2 Å². The zero-order valence-electron chi connectivity index (χ0n) is 13.5. The van der Waals surface area contributed by atoms with Crippen molar-refractivity contribution in [3.8, 4) is 0 Å². The summed E-state index contributed by atoms with van der Waals surface area (Å²) in [5.41, 5.74) is 1.29. The van der Waals surface area contributed by atoms with E-state index >= 15 is 0 Å². The van der Waals surface area contributed by atoms with E-state index in [2.05, 4.69) is 48.3 Å². The minimum Gasteiger partial charge on any atom is -0.395 e. The van der Waals surface area contributed by atoms with Crippen LogP contribution in [0.3, 0.4) is 0 Å². The Labute approximate surface area is 129 Å². The summed E-state index contributed by atoms with van der Waals surface area (Å²) in [6.07, 6.45) is 3.29. The first kappa shape index (κ1) is 16.5. The fraction of sp³-hybridized carbons (Fsp3) is 0.667. The fourth-order valence-electron chi connectivity index (χ4n) is 3.21. The second-order valence-corrected chi connectivity index (χ2v) is 6.70. The van der Waals surface area contributed by atoms with Crippen molar-refractivity contribution >= 4 is 0 Å².